The van der Waals surface area contributed by atoms with Crippen molar-refractivity contribution in [3.05, 3.63) is 27.3 Å². The van der Waals surface area contributed by atoms with Crippen LogP contribution < -0.4 is 5.32 Å². The highest BCUT2D eigenvalue weighted by atomic mass is 127. The lowest BCUT2D eigenvalue weighted by Gasteiger charge is -2.08. The summed E-state index contributed by atoms with van der Waals surface area (Å²) < 4.78 is 5.45. The molecular formula is C10H10INO4. The number of halogens is 1. The largest absolute Gasteiger partial charge is 0.478 e. The number of aromatic carboxylic acids is 1. The summed E-state index contributed by atoms with van der Waals surface area (Å²) in [7, 11) is 0. The number of amides is 1. The minimum Gasteiger partial charge on any atom is -0.478 e. The van der Waals surface area contributed by atoms with Crippen LogP contribution in [0.4, 0.5) is 10.5 Å². The van der Waals surface area contributed by atoms with Crippen molar-refractivity contribution in [3.63, 3.8) is 0 Å². The lowest BCUT2D eigenvalue weighted by atomic mass is 10.2. The molecule has 0 saturated carbocycles. The number of carbonyl (C=O) groups is 2. The number of hydrogen-bond donors (Lipinski definition) is 2. The molecule has 0 aliphatic carbocycles. The Morgan fingerprint density at radius 2 is 2.19 bits per heavy atom. The van der Waals surface area contributed by atoms with Crippen molar-refractivity contribution < 1.29 is 19.4 Å². The van der Waals surface area contributed by atoms with E-state index in [4.69, 9.17) is 5.11 Å². The van der Waals surface area contributed by atoms with Gasteiger partial charge in [-0.2, -0.15) is 0 Å². The maximum Gasteiger partial charge on any atom is 0.411 e. The topological polar surface area (TPSA) is 75.6 Å². The van der Waals surface area contributed by atoms with Gasteiger partial charge in [0.2, 0.25) is 0 Å². The Balaban J connectivity index is 2.95. The van der Waals surface area contributed by atoms with Crippen molar-refractivity contribution in [2.75, 3.05) is 11.9 Å². The SMILES string of the molecule is CCOC(=O)Nc1ccc(I)cc1C(=O)O. The second-order valence-electron chi connectivity index (χ2n) is 2.84. The van der Waals surface area contributed by atoms with Crippen LogP contribution in [0, 0.1) is 3.57 Å². The van der Waals surface area contributed by atoms with Crippen LogP contribution >= 0.6 is 22.6 Å². The zero-order valence-corrected chi connectivity index (χ0v) is 10.6. The average molecular weight is 335 g/mol. The fourth-order valence-electron chi connectivity index (χ4n) is 1.08. The number of carbonyl (C=O) groups excluding carboxylic acids is 1. The number of hydrogen-bond acceptors (Lipinski definition) is 3. The number of rotatable bonds is 3. The zero-order valence-electron chi connectivity index (χ0n) is 8.49. The molecule has 6 heteroatoms. The van der Waals surface area contributed by atoms with E-state index in [0.717, 1.165) is 3.57 Å². The molecule has 0 fully saturated rings. The molecule has 1 amide bonds. The van der Waals surface area contributed by atoms with E-state index in [9.17, 15) is 9.59 Å². The van der Waals surface area contributed by atoms with E-state index < -0.39 is 12.1 Å². The number of anilines is 1. The average Bonchev–Trinajstić information content (AvgIpc) is 2.20. The maximum absolute atomic E-state index is 11.1. The first-order valence-electron chi connectivity index (χ1n) is 4.51. The Labute approximate surface area is 106 Å². The van der Waals surface area contributed by atoms with Gasteiger partial charge in [-0.15, -0.1) is 0 Å². The summed E-state index contributed by atoms with van der Waals surface area (Å²) in [4.78, 5) is 22.1. The van der Waals surface area contributed by atoms with Crippen molar-refractivity contribution in [1.29, 1.82) is 0 Å². The van der Waals surface area contributed by atoms with Gasteiger partial charge in [-0.3, -0.25) is 5.32 Å². The van der Waals surface area contributed by atoms with Crippen molar-refractivity contribution in [2.45, 2.75) is 6.92 Å². The van der Waals surface area contributed by atoms with E-state index in [1.165, 1.54) is 12.1 Å². The van der Waals surface area contributed by atoms with E-state index in [-0.39, 0.29) is 17.9 Å². The first-order chi connectivity index (χ1) is 7.54. The van der Waals surface area contributed by atoms with Crippen LogP contribution in [0.25, 0.3) is 0 Å². The molecular weight excluding hydrogens is 325 g/mol. The molecule has 0 heterocycles. The highest BCUT2D eigenvalue weighted by molar-refractivity contribution is 14.1. The lowest BCUT2D eigenvalue weighted by Crippen LogP contribution is -2.16. The number of carboxylic acids is 1. The van der Waals surface area contributed by atoms with Gasteiger partial charge in [0.05, 0.1) is 17.9 Å². The maximum atomic E-state index is 11.1. The van der Waals surface area contributed by atoms with Crippen LogP contribution in [0.3, 0.4) is 0 Å². The lowest BCUT2D eigenvalue weighted by molar-refractivity contribution is 0.0698. The molecule has 2 N–H and O–H groups in total. The Morgan fingerprint density at radius 3 is 2.75 bits per heavy atom. The van der Waals surface area contributed by atoms with Crippen LogP contribution in [0.2, 0.25) is 0 Å². The molecule has 0 spiro atoms. The first kappa shape index (κ1) is 12.8. The fraction of sp³-hybridized carbons (Fsp3) is 0.200. The van der Waals surface area contributed by atoms with E-state index in [2.05, 4.69) is 10.1 Å². The van der Waals surface area contributed by atoms with Crippen molar-refractivity contribution in [3.8, 4) is 0 Å². The highest BCUT2D eigenvalue weighted by Crippen LogP contribution is 2.19. The molecule has 0 aliphatic rings. The summed E-state index contributed by atoms with van der Waals surface area (Å²) in [5.41, 5.74) is 0.270. The number of benzene rings is 1. The van der Waals surface area contributed by atoms with E-state index in [1.807, 2.05) is 22.6 Å². The third kappa shape index (κ3) is 3.37. The predicted molar refractivity (Wildman–Crippen MR) is 66.8 cm³/mol. The fourth-order valence-corrected chi connectivity index (χ4v) is 1.57. The summed E-state index contributed by atoms with van der Waals surface area (Å²) in [6, 6.07) is 4.71. The zero-order chi connectivity index (χ0) is 12.1. The molecule has 0 aliphatic heterocycles. The Hall–Kier alpha value is -1.31. The molecule has 0 aromatic heterocycles. The van der Waals surface area contributed by atoms with Gasteiger partial charge in [0.15, 0.2) is 0 Å². The molecule has 0 saturated heterocycles. The van der Waals surface area contributed by atoms with Crippen LogP contribution in [0.1, 0.15) is 17.3 Å². The molecule has 1 rings (SSSR count). The normalized spacial score (nSPS) is 9.62. The number of ether oxygens (including phenoxy) is 1. The third-order valence-electron chi connectivity index (χ3n) is 1.72. The summed E-state index contributed by atoms with van der Waals surface area (Å²) >= 11 is 2.00. The van der Waals surface area contributed by atoms with Crippen molar-refractivity contribution >= 4 is 40.3 Å². The standard InChI is InChI=1S/C10H10INO4/c1-2-16-10(15)12-8-4-3-6(11)5-7(8)9(13)14/h3-5H,2H2,1H3,(H,12,15)(H,13,14). The smallest absolute Gasteiger partial charge is 0.411 e. The number of nitrogens with one attached hydrogen (secondary N) is 1. The van der Waals surface area contributed by atoms with Crippen molar-refractivity contribution in [2.24, 2.45) is 0 Å². The van der Waals surface area contributed by atoms with Gasteiger partial charge in [-0.1, -0.05) is 0 Å². The second-order valence-corrected chi connectivity index (χ2v) is 4.09. The molecule has 0 bridgehead atoms. The third-order valence-corrected chi connectivity index (χ3v) is 2.40. The molecule has 0 atom stereocenters. The molecule has 1 aromatic rings. The Bertz CT molecular complexity index is 419. The summed E-state index contributed by atoms with van der Waals surface area (Å²) in [6.45, 7) is 1.91. The van der Waals surface area contributed by atoms with E-state index in [0.29, 0.717) is 0 Å². The van der Waals surface area contributed by atoms with Gasteiger partial charge in [0, 0.05) is 3.57 Å². The molecule has 1 aromatic carbocycles. The molecule has 86 valence electrons. The van der Waals surface area contributed by atoms with Gasteiger partial charge in [-0.25, -0.2) is 9.59 Å². The Morgan fingerprint density at radius 1 is 1.50 bits per heavy atom. The van der Waals surface area contributed by atoms with Gasteiger partial charge in [0.1, 0.15) is 0 Å². The minimum absolute atomic E-state index is 0.0416. The quantitative estimate of drug-likeness (QED) is 0.833. The van der Waals surface area contributed by atoms with Gasteiger partial charge < -0.3 is 9.84 Å². The molecule has 0 unspecified atom stereocenters. The first-order valence-corrected chi connectivity index (χ1v) is 5.59. The van der Waals surface area contributed by atoms with E-state index >= 15 is 0 Å². The van der Waals surface area contributed by atoms with Crippen LogP contribution in [-0.2, 0) is 4.74 Å². The molecule has 5 nitrogen and oxygen atoms in total. The monoisotopic (exact) mass is 335 g/mol. The molecule has 0 radical (unpaired) electrons. The van der Waals surface area contributed by atoms with E-state index in [1.54, 1.807) is 13.0 Å². The summed E-state index contributed by atoms with van der Waals surface area (Å²) in [6.07, 6.45) is -0.661. The molecule has 16 heavy (non-hydrogen) atoms. The van der Waals surface area contributed by atoms with Gasteiger partial charge in [0.25, 0.3) is 0 Å². The van der Waals surface area contributed by atoms with Crippen LogP contribution in [-0.4, -0.2) is 23.8 Å². The summed E-state index contributed by atoms with van der Waals surface area (Å²) in [5, 5.41) is 11.3. The Kier molecular flexibility index (Phi) is 4.53. The van der Waals surface area contributed by atoms with Crippen molar-refractivity contribution in [1.82, 2.24) is 0 Å². The van der Waals surface area contributed by atoms with Crippen LogP contribution in [0.15, 0.2) is 18.2 Å². The van der Waals surface area contributed by atoms with Crippen LogP contribution in [0.5, 0.6) is 0 Å². The highest BCUT2D eigenvalue weighted by Gasteiger charge is 2.13. The predicted octanol–water partition coefficient (Wildman–Crippen LogP) is 2.56. The van der Waals surface area contributed by atoms with Gasteiger partial charge in [-0.05, 0) is 47.7 Å². The summed E-state index contributed by atoms with van der Waals surface area (Å²) in [5.74, 6) is -1.09. The number of carboxylic acid groups (broad SMARTS) is 1. The minimum atomic E-state index is -1.09. The second kappa shape index (κ2) is 5.69. The van der Waals surface area contributed by atoms with Gasteiger partial charge >= 0.3 is 12.1 Å².